The predicted octanol–water partition coefficient (Wildman–Crippen LogP) is 1.51. The summed E-state index contributed by atoms with van der Waals surface area (Å²) in [5.41, 5.74) is 1.46. The Kier molecular flexibility index (Phi) is 3.80. The van der Waals surface area contributed by atoms with Crippen LogP contribution in [0.15, 0.2) is 18.2 Å². The predicted molar refractivity (Wildman–Crippen MR) is 77.3 cm³/mol. The van der Waals surface area contributed by atoms with E-state index < -0.39 is 0 Å². The number of hydrogen-bond acceptors (Lipinski definition) is 3. The highest BCUT2D eigenvalue weighted by molar-refractivity contribution is 7.80. The first-order valence-electron chi connectivity index (χ1n) is 6.02. The van der Waals surface area contributed by atoms with Gasteiger partial charge in [0.1, 0.15) is 0 Å². The summed E-state index contributed by atoms with van der Waals surface area (Å²) in [4.78, 5) is 22.9. The molecule has 1 aliphatic heterocycles. The summed E-state index contributed by atoms with van der Waals surface area (Å²) < 4.78 is 0. The lowest BCUT2D eigenvalue weighted by molar-refractivity contribution is 0.0879. The van der Waals surface area contributed by atoms with Gasteiger partial charge in [-0.2, -0.15) is 0 Å². The van der Waals surface area contributed by atoms with E-state index in [1.54, 1.807) is 18.2 Å². The zero-order valence-corrected chi connectivity index (χ0v) is 11.6. The summed E-state index contributed by atoms with van der Waals surface area (Å²) in [6, 6.07) is 4.96. The van der Waals surface area contributed by atoms with Crippen LogP contribution >= 0.6 is 12.2 Å². The fourth-order valence-corrected chi connectivity index (χ4v) is 1.92. The van der Waals surface area contributed by atoms with Crippen molar-refractivity contribution in [3.8, 4) is 0 Å². The third kappa shape index (κ3) is 3.08. The largest absolute Gasteiger partial charge is 0.362 e. The van der Waals surface area contributed by atoms with Crippen molar-refractivity contribution in [3.05, 3.63) is 29.3 Å². The number of benzene rings is 1. The summed E-state index contributed by atoms with van der Waals surface area (Å²) in [5, 5.41) is 8.81. The molecule has 100 valence electrons. The Morgan fingerprint density at radius 3 is 2.63 bits per heavy atom. The molecule has 0 spiro atoms. The Morgan fingerprint density at radius 1 is 1.26 bits per heavy atom. The van der Waals surface area contributed by atoms with Crippen LogP contribution in [-0.2, 0) is 0 Å². The van der Waals surface area contributed by atoms with Gasteiger partial charge in [0.25, 0.3) is 11.8 Å². The second-order valence-corrected chi connectivity index (χ2v) is 5.18. The van der Waals surface area contributed by atoms with Crippen molar-refractivity contribution in [2.45, 2.75) is 13.8 Å². The quantitative estimate of drug-likeness (QED) is 0.577. The van der Waals surface area contributed by atoms with E-state index in [2.05, 4.69) is 29.8 Å². The van der Waals surface area contributed by atoms with Crippen molar-refractivity contribution in [3.63, 3.8) is 0 Å². The van der Waals surface area contributed by atoms with Crippen LogP contribution in [0.3, 0.4) is 0 Å². The second-order valence-electron chi connectivity index (χ2n) is 4.77. The van der Waals surface area contributed by atoms with E-state index in [0.717, 1.165) is 6.54 Å². The van der Waals surface area contributed by atoms with Crippen molar-refractivity contribution in [2.24, 2.45) is 5.92 Å². The van der Waals surface area contributed by atoms with Crippen molar-refractivity contribution >= 4 is 34.8 Å². The van der Waals surface area contributed by atoms with Crippen molar-refractivity contribution in [2.75, 3.05) is 11.9 Å². The first kappa shape index (κ1) is 13.5. The van der Waals surface area contributed by atoms with E-state index >= 15 is 0 Å². The minimum Gasteiger partial charge on any atom is -0.362 e. The maximum absolute atomic E-state index is 11.5. The molecule has 2 rings (SSSR count). The van der Waals surface area contributed by atoms with Gasteiger partial charge in [0.05, 0.1) is 11.1 Å². The van der Waals surface area contributed by atoms with E-state index in [1.165, 1.54) is 0 Å². The average molecular weight is 277 g/mol. The third-order valence-corrected chi connectivity index (χ3v) is 2.91. The van der Waals surface area contributed by atoms with Gasteiger partial charge in [-0.25, -0.2) is 0 Å². The number of hydrogen-bond donors (Lipinski definition) is 3. The molecule has 0 bridgehead atoms. The summed E-state index contributed by atoms with van der Waals surface area (Å²) >= 11 is 5.15. The van der Waals surface area contributed by atoms with Crippen LogP contribution in [0.25, 0.3) is 0 Å². The van der Waals surface area contributed by atoms with E-state index in [-0.39, 0.29) is 11.8 Å². The number of nitrogens with one attached hydrogen (secondary N) is 3. The monoisotopic (exact) mass is 277 g/mol. The Bertz CT molecular complexity index is 555. The fourth-order valence-electron chi connectivity index (χ4n) is 1.72. The van der Waals surface area contributed by atoms with Gasteiger partial charge in [0, 0.05) is 12.2 Å². The van der Waals surface area contributed by atoms with E-state index in [4.69, 9.17) is 12.2 Å². The van der Waals surface area contributed by atoms with Gasteiger partial charge in [-0.05, 0) is 36.3 Å². The standard InChI is InChI=1S/C13H15N3O2S/c1-7(2)6-14-13(19)15-8-3-4-9-10(5-8)12(18)16-11(9)17/h3-5,7H,6H2,1-2H3,(H2,14,15,19)(H,16,17,18). The molecule has 2 amide bonds. The van der Waals surface area contributed by atoms with Crippen LogP contribution in [0.2, 0.25) is 0 Å². The molecule has 1 aliphatic rings. The summed E-state index contributed by atoms with van der Waals surface area (Å²) in [6.45, 7) is 4.94. The Balaban J connectivity index is 2.07. The van der Waals surface area contributed by atoms with Crippen molar-refractivity contribution in [1.29, 1.82) is 0 Å². The highest BCUT2D eigenvalue weighted by Crippen LogP contribution is 2.20. The highest BCUT2D eigenvalue weighted by atomic mass is 32.1. The molecule has 5 nitrogen and oxygen atoms in total. The zero-order valence-electron chi connectivity index (χ0n) is 10.7. The maximum Gasteiger partial charge on any atom is 0.259 e. The van der Waals surface area contributed by atoms with Gasteiger partial charge in [0.2, 0.25) is 0 Å². The van der Waals surface area contributed by atoms with E-state index in [0.29, 0.717) is 27.8 Å². The van der Waals surface area contributed by atoms with Gasteiger partial charge >= 0.3 is 0 Å². The number of carbonyl (C=O) groups excluding carboxylic acids is 2. The molecule has 1 aromatic rings. The van der Waals surface area contributed by atoms with Crippen LogP contribution in [0.4, 0.5) is 5.69 Å². The molecule has 0 fully saturated rings. The van der Waals surface area contributed by atoms with Crippen LogP contribution in [0, 0.1) is 5.92 Å². The molecule has 0 aliphatic carbocycles. The van der Waals surface area contributed by atoms with Crippen LogP contribution in [0.1, 0.15) is 34.6 Å². The summed E-state index contributed by atoms with van der Waals surface area (Å²) in [6.07, 6.45) is 0. The molecule has 1 aromatic carbocycles. The van der Waals surface area contributed by atoms with Gasteiger partial charge < -0.3 is 10.6 Å². The minimum atomic E-state index is -0.371. The third-order valence-electron chi connectivity index (χ3n) is 2.66. The summed E-state index contributed by atoms with van der Waals surface area (Å²) in [5.74, 6) is -0.236. The SMILES string of the molecule is CC(C)CNC(=S)Nc1ccc2c(c1)C(=O)NC2=O. The first-order valence-corrected chi connectivity index (χ1v) is 6.43. The normalized spacial score (nSPS) is 13.2. The number of amides is 2. The Labute approximate surface area is 116 Å². The molecule has 19 heavy (non-hydrogen) atoms. The van der Waals surface area contributed by atoms with Crippen molar-refractivity contribution in [1.82, 2.24) is 10.6 Å². The lowest BCUT2D eigenvalue weighted by Gasteiger charge is -2.12. The lowest BCUT2D eigenvalue weighted by Crippen LogP contribution is -2.31. The maximum atomic E-state index is 11.5. The molecule has 0 atom stereocenters. The number of fused-ring (bicyclic) bond motifs is 1. The van der Waals surface area contributed by atoms with Gasteiger partial charge in [-0.1, -0.05) is 13.8 Å². The second kappa shape index (κ2) is 5.36. The Hall–Kier alpha value is -1.95. The smallest absolute Gasteiger partial charge is 0.259 e. The number of rotatable bonds is 3. The molecule has 3 N–H and O–H groups in total. The van der Waals surface area contributed by atoms with Crippen molar-refractivity contribution < 1.29 is 9.59 Å². The Morgan fingerprint density at radius 2 is 1.95 bits per heavy atom. The van der Waals surface area contributed by atoms with Crippen LogP contribution in [-0.4, -0.2) is 23.5 Å². The topological polar surface area (TPSA) is 70.2 Å². The molecule has 1 heterocycles. The number of anilines is 1. The van der Waals surface area contributed by atoms with Gasteiger partial charge in [-0.3, -0.25) is 14.9 Å². The number of imide groups is 1. The first-order chi connectivity index (χ1) is 8.97. The number of carbonyl (C=O) groups is 2. The molecule has 0 aromatic heterocycles. The average Bonchev–Trinajstić information content (AvgIpc) is 2.62. The van der Waals surface area contributed by atoms with Crippen LogP contribution < -0.4 is 16.0 Å². The summed E-state index contributed by atoms with van der Waals surface area (Å²) in [7, 11) is 0. The lowest BCUT2D eigenvalue weighted by atomic mass is 10.1. The molecule has 6 heteroatoms. The van der Waals surface area contributed by atoms with E-state index in [9.17, 15) is 9.59 Å². The molecule has 0 saturated carbocycles. The molecule has 0 radical (unpaired) electrons. The van der Waals surface area contributed by atoms with Gasteiger partial charge in [0.15, 0.2) is 5.11 Å². The zero-order chi connectivity index (χ0) is 14.0. The number of thiocarbonyl (C=S) groups is 1. The highest BCUT2D eigenvalue weighted by Gasteiger charge is 2.26. The molecular formula is C13H15N3O2S. The minimum absolute atomic E-state index is 0.355. The molecular weight excluding hydrogens is 262 g/mol. The van der Waals surface area contributed by atoms with E-state index in [1.807, 2.05) is 0 Å². The fraction of sp³-hybridized carbons (Fsp3) is 0.308. The van der Waals surface area contributed by atoms with Gasteiger partial charge in [-0.15, -0.1) is 0 Å². The molecule has 0 unspecified atom stereocenters. The molecule has 0 saturated heterocycles. The van der Waals surface area contributed by atoms with Crippen LogP contribution in [0.5, 0.6) is 0 Å².